The van der Waals surface area contributed by atoms with Crippen LogP contribution in [0.5, 0.6) is 11.5 Å². The van der Waals surface area contributed by atoms with Gasteiger partial charge in [0.1, 0.15) is 17.1 Å². The van der Waals surface area contributed by atoms with Crippen LogP contribution in [-0.4, -0.2) is 25.9 Å². The normalized spacial score (nSPS) is 10.8. The highest BCUT2D eigenvalue weighted by molar-refractivity contribution is 6.12. The lowest BCUT2D eigenvalue weighted by atomic mass is 10.0. The molecule has 4 rings (SSSR count). The van der Waals surface area contributed by atoms with Crippen LogP contribution >= 0.6 is 0 Å². The Morgan fingerprint density at radius 3 is 2.38 bits per heavy atom. The molecule has 1 aromatic heterocycles. The predicted octanol–water partition coefficient (Wildman–Crippen LogP) is 5.55. The van der Waals surface area contributed by atoms with Gasteiger partial charge in [-0.25, -0.2) is 0 Å². The van der Waals surface area contributed by atoms with Crippen molar-refractivity contribution in [3.63, 3.8) is 0 Å². The van der Waals surface area contributed by atoms with E-state index in [0.717, 1.165) is 10.9 Å². The molecule has 0 fully saturated rings. The Morgan fingerprint density at radius 2 is 1.66 bits per heavy atom. The first kappa shape index (κ1) is 21.2. The van der Waals surface area contributed by atoms with Gasteiger partial charge in [-0.05, 0) is 55.8 Å². The SMILES string of the molecule is COc1ccc(OC)c(C(=O)c2oc3cc(NC(=O)c4ccccc4C)ccc3c2C)c1. The van der Waals surface area contributed by atoms with Crippen LogP contribution < -0.4 is 14.8 Å². The summed E-state index contributed by atoms with van der Waals surface area (Å²) in [7, 11) is 3.04. The van der Waals surface area contributed by atoms with Gasteiger partial charge in [-0.15, -0.1) is 0 Å². The number of ether oxygens (including phenoxy) is 2. The van der Waals surface area contributed by atoms with Crippen LogP contribution in [0, 0.1) is 13.8 Å². The molecular weight excluding hydrogens is 406 g/mol. The minimum Gasteiger partial charge on any atom is -0.497 e. The number of anilines is 1. The van der Waals surface area contributed by atoms with E-state index in [1.165, 1.54) is 14.2 Å². The standard InChI is InChI=1S/C26H23NO5/c1-15-7-5-6-8-19(15)26(29)27-17-9-11-20-16(2)25(32-23(20)13-17)24(28)21-14-18(30-3)10-12-22(21)31-4/h5-14H,1-4H3,(H,27,29). The molecule has 0 aliphatic heterocycles. The van der Waals surface area contributed by atoms with E-state index < -0.39 is 0 Å². The maximum atomic E-state index is 13.3. The molecule has 162 valence electrons. The van der Waals surface area contributed by atoms with E-state index >= 15 is 0 Å². The molecule has 0 bridgehead atoms. The number of ketones is 1. The van der Waals surface area contributed by atoms with Crippen molar-refractivity contribution >= 4 is 28.3 Å². The Bertz CT molecular complexity index is 1340. The van der Waals surface area contributed by atoms with Crippen LogP contribution in [0.3, 0.4) is 0 Å². The van der Waals surface area contributed by atoms with Gasteiger partial charge in [0.15, 0.2) is 5.76 Å². The fourth-order valence-corrected chi connectivity index (χ4v) is 3.66. The quantitative estimate of drug-likeness (QED) is 0.407. The largest absolute Gasteiger partial charge is 0.497 e. The summed E-state index contributed by atoms with van der Waals surface area (Å²) in [5.74, 6) is 0.683. The monoisotopic (exact) mass is 429 g/mol. The number of carbonyl (C=O) groups is 2. The van der Waals surface area contributed by atoms with Crippen LogP contribution in [0.2, 0.25) is 0 Å². The third-order valence-corrected chi connectivity index (χ3v) is 5.44. The van der Waals surface area contributed by atoms with E-state index in [9.17, 15) is 9.59 Å². The lowest BCUT2D eigenvalue weighted by Gasteiger charge is -2.08. The second-order valence-corrected chi connectivity index (χ2v) is 7.43. The number of furan rings is 1. The summed E-state index contributed by atoms with van der Waals surface area (Å²) in [5, 5.41) is 3.69. The molecule has 3 aromatic carbocycles. The smallest absolute Gasteiger partial charge is 0.255 e. The first-order valence-electron chi connectivity index (χ1n) is 10.1. The molecule has 0 aliphatic rings. The molecule has 0 aliphatic carbocycles. The highest BCUT2D eigenvalue weighted by Crippen LogP contribution is 2.32. The van der Waals surface area contributed by atoms with Crippen molar-refractivity contribution in [2.45, 2.75) is 13.8 Å². The van der Waals surface area contributed by atoms with E-state index in [1.807, 2.05) is 38.1 Å². The van der Waals surface area contributed by atoms with Gasteiger partial charge in [0, 0.05) is 28.3 Å². The zero-order valence-electron chi connectivity index (χ0n) is 18.3. The van der Waals surface area contributed by atoms with Gasteiger partial charge in [0.2, 0.25) is 5.78 Å². The highest BCUT2D eigenvalue weighted by atomic mass is 16.5. The van der Waals surface area contributed by atoms with Crippen molar-refractivity contribution in [2.24, 2.45) is 0 Å². The molecule has 1 N–H and O–H groups in total. The summed E-state index contributed by atoms with van der Waals surface area (Å²) in [6.07, 6.45) is 0. The Balaban J connectivity index is 1.68. The number of benzene rings is 3. The maximum Gasteiger partial charge on any atom is 0.255 e. The van der Waals surface area contributed by atoms with Gasteiger partial charge in [0.05, 0.1) is 19.8 Å². The van der Waals surface area contributed by atoms with Crippen molar-refractivity contribution in [2.75, 3.05) is 19.5 Å². The summed E-state index contributed by atoms with van der Waals surface area (Å²) in [4.78, 5) is 25.9. The molecule has 4 aromatic rings. The molecule has 6 nitrogen and oxygen atoms in total. The molecule has 0 spiro atoms. The fraction of sp³-hybridized carbons (Fsp3) is 0.154. The average Bonchev–Trinajstić information content (AvgIpc) is 3.14. The minimum absolute atomic E-state index is 0.205. The molecule has 32 heavy (non-hydrogen) atoms. The number of hydrogen-bond acceptors (Lipinski definition) is 5. The van der Waals surface area contributed by atoms with E-state index in [4.69, 9.17) is 13.9 Å². The van der Waals surface area contributed by atoms with Gasteiger partial charge in [0.25, 0.3) is 5.91 Å². The van der Waals surface area contributed by atoms with Crippen LogP contribution in [0.4, 0.5) is 5.69 Å². The average molecular weight is 429 g/mol. The van der Waals surface area contributed by atoms with Crippen LogP contribution in [-0.2, 0) is 0 Å². The Morgan fingerprint density at radius 1 is 0.875 bits per heavy atom. The van der Waals surface area contributed by atoms with E-state index in [1.54, 1.807) is 36.4 Å². The number of amides is 1. The number of nitrogens with one attached hydrogen (secondary N) is 1. The third-order valence-electron chi connectivity index (χ3n) is 5.44. The molecule has 0 unspecified atom stereocenters. The summed E-state index contributed by atoms with van der Waals surface area (Å²) in [5.41, 5.74) is 3.64. The number of carbonyl (C=O) groups excluding carboxylic acids is 2. The van der Waals surface area contributed by atoms with E-state index in [-0.39, 0.29) is 17.5 Å². The third kappa shape index (κ3) is 3.83. The van der Waals surface area contributed by atoms with Gasteiger partial charge in [-0.2, -0.15) is 0 Å². The van der Waals surface area contributed by atoms with Crippen molar-refractivity contribution in [3.05, 3.63) is 88.7 Å². The second kappa shape index (κ2) is 8.59. The van der Waals surface area contributed by atoms with Crippen LogP contribution in [0.25, 0.3) is 11.0 Å². The highest BCUT2D eigenvalue weighted by Gasteiger charge is 2.23. The molecule has 0 atom stereocenters. The zero-order valence-corrected chi connectivity index (χ0v) is 18.3. The first-order valence-corrected chi connectivity index (χ1v) is 10.1. The van der Waals surface area contributed by atoms with Crippen molar-refractivity contribution in [1.29, 1.82) is 0 Å². The molecule has 1 amide bonds. The number of aryl methyl sites for hydroxylation is 2. The minimum atomic E-state index is -0.306. The molecule has 0 saturated carbocycles. The van der Waals surface area contributed by atoms with Crippen LogP contribution in [0.1, 0.15) is 37.6 Å². The zero-order chi connectivity index (χ0) is 22.8. The molecule has 6 heteroatoms. The molecule has 1 heterocycles. The summed E-state index contributed by atoms with van der Waals surface area (Å²) in [6.45, 7) is 3.72. The molecular formula is C26H23NO5. The molecule has 0 saturated heterocycles. The summed E-state index contributed by atoms with van der Waals surface area (Å²) < 4.78 is 16.5. The van der Waals surface area contributed by atoms with Gasteiger partial charge >= 0.3 is 0 Å². The lowest BCUT2D eigenvalue weighted by molar-refractivity contribution is 0.100. The topological polar surface area (TPSA) is 77.8 Å². The van der Waals surface area contributed by atoms with E-state index in [0.29, 0.717) is 39.5 Å². The van der Waals surface area contributed by atoms with Gasteiger partial charge in [-0.1, -0.05) is 18.2 Å². The van der Waals surface area contributed by atoms with Crippen molar-refractivity contribution in [1.82, 2.24) is 0 Å². The number of methoxy groups -OCH3 is 2. The first-order chi connectivity index (χ1) is 15.4. The Labute approximate surface area is 185 Å². The van der Waals surface area contributed by atoms with Crippen molar-refractivity contribution < 1.29 is 23.5 Å². The number of fused-ring (bicyclic) bond motifs is 1. The summed E-state index contributed by atoms with van der Waals surface area (Å²) in [6, 6.07) is 17.8. The lowest BCUT2D eigenvalue weighted by Crippen LogP contribution is -2.13. The van der Waals surface area contributed by atoms with E-state index in [2.05, 4.69) is 5.32 Å². The fourth-order valence-electron chi connectivity index (χ4n) is 3.66. The Kier molecular flexibility index (Phi) is 5.69. The van der Waals surface area contributed by atoms with Crippen LogP contribution in [0.15, 0.2) is 65.1 Å². The maximum absolute atomic E-state index is 13.3. The number of hydrogen-bond donors (Lipinski definition) is 1. The summed E-state index contributed by atoms with van der Waals surface area (Å²) >= 11 is 0. The number of rotatable bonds is 6. The van der Waals surface area contributed by atoms with Crippen molar-refractivity contribution in [3.8, 4) is 11.5 Å². The molecule has 0 radical (unpaired) electrons. The predicted molar refractivity (Wildman–Crippen MR) is 123 cm³/mol. The Hall–Kier alpha value is -4.06. The second-order valence-electron chi connectivity index (χ2n) is 7.43. The van der Waals surface area contributed by atoms with Gasteiger partial charge < -0.3 is 19.2 Å². The van der Waals surface area contributed by atoms with Gasteiger partial charge in [-0.3, -0.25) is 9.59 Å².